The average molecular weight is 773 g/mol. The largest absolute Gasteiger partial charge is 0.476 e. The van der Waals surface area contributed by atoms with Crippen LogP contribution in [-0.4, -0.2) is 9.97 Å². The molecule has 5 heteroatoms. The van der Waals surface area contributed by atoms with Gasteiger partial charge in [0, 0.05) is 39.5 Å². The molecular formula is C41H30IrN3O-3. The zero-order valence-corrected chi connectivity index (χ0v) is 27.6. The molecule has 0 unspecified atom stereocenters. The number of hydrogen-bond acceptors (Lipinski definition) is 3. The van der Waals surface area contributed by atoms with Crippen LogP contribution in [0, 0.1) is 32.2 Å². The van der Waals surface area contributed by atoms with Gasteiger partial charge in [0.1, 0.15) is 11.3 Å². The molecule has 0 amide bonds. The first-order chi connectivity index (χ1) is 22.2. The summed E-state index contributed by atoms with van der Waals surface area (Å²) < 4.78 is 7.74. The van der Waals surface area contributed by atoms with Crippen LogP contribution in [0.4, 0.5) is 0 Å². The molecule has 0 aliphatic carbocycles. The molecule has 0 aliphatic heterocycles. The van der Waals surface area contributed by atoms with Crippen LogP contribution in [0.3, 0.4) is 0 Å². The van der Waals surface area contributed by atoms with Gasteiger partial charge in [-0.2, -0.15) is 0 Å². The fraction of sp³-hybridized carbons (Fsp3) is 0.0244. The zero-order valence-electron chi connectivity index (χ0n) is 25.2. The monoisotopic (exact) mass is 773 g/mol. The Morgan fingerprint density at radius 3 is 2.04 bits per heavy atom. The maximum absolute atomic E-state index is 5.90. The van der Waals surface area contributed by atoms with Crippen LogP contribution >= 0.6 is 0 Å². The SMILES string of the molecule is Cc1ccnc(-c2[c-]cc3c(c2)oc2ccccc23)c1.[CH2-][n+]1ccccc1-c1[c-]cccc1.[Ir].[c-]1ccccc1-c1ccccn1. The molecular weight excluding hydrogens is 743 g/mol. The van der Waals surface area contributed by atoms with Gasteiger partial charge in [0.25, 0.3) is 0 Å². The number of benzene rings is 4. The standard InChI is InChI=1S/C18H12NO.C12H10N.C11H8N.Ir/c1-12-8-9-19-16(10-12)13-6-7-15-14-4-2-3-5-17(14)20-18(15)11-13;1-13-10-6-5-9-12(13)11-7-3-2-4-8-11;1-2-6-10(7-3-1)11-8-4-5-9-12-11;/h2-5,7-11H,1H3;2-7,9-10H,1H2;1-6,8-9H;/q3*-1;. The fourth-order valence-corrected chi connectivity index (χ4v) is 4.84. The van der Waals surface area contributed by atoms with Crippen LogP contribution in [0.5, 0.6) is 0 Å². The van der Waals surface area contributed by atoms with Crippen molar-refractivity contribution >= 4 is 21.9 Å². The minimum absolute atomic E-state index is 0. The van der Waals surface area contributed by atoms with E-state index in [1.54, 1.807) is 6.20 Å². The summed E-state index contributed by atoms with van der Waals surface area (Å²) in [5.74, 6) is 0. The van der Waals surface area contributed by atoms with E-state index in [0.29, 0.717) is 0 Å². The first kappa shape index (κ1) is 32.1. The Bertz CT molecular complexity index is 2090. The molecule has 4 aromatic carbocycles. The Morgan fingerprint density at radius 2 is 1.33 bits per heavy atom. The molecule has 1 radical (unpaired) electrons. The molecule has 8 aromatic rings. The molecule has 0 fully saturated rings. The number of nitrogens with zero attached hydrogens (tertiary/aromatic N) is 3. The fourth-order valence-electron chi connectivity index (χ4n) is 4.84. The van der Waals surface area contributed by atoms with Gasteiger partial charge in [-0.25, -0.2) is 0 Å². The van der Waals surface area contributed by atoms with Gasteiger partial charge in [0.05, 0.1) is 11.8 Å². The maximum atomic E-state index is 5.90. The van der Waals surface area contributed by atoms with E-state index < -0.39 is 0 Å². The van der Waals surface area contributed by atoms with E-state index in [4.69, 9.17) is 4.42 Å². The van der Waals surface area contributed by atoms with Gasteiger partial charge < -0.3 is 19.0 Å². The summed E-state index contributed by atoms with van der Waals surface area (Å²) in [6.45, 7) is 2.06. The van der Waals surface area contributed by atoms with E-state index in [0.717, 1.165) is 55.7 Å². The van der Waals surface area contributed by atoms with Crippen molar-refractivity contribution in [3.8, 4) is 33.8 Å². The molecule has 46 heavy (non-hydrogen) atoms. The number of rotatable bonds is 3. The van der Waals surface area contributed by atoms with Gasteiger partial charge in [-0.3, -0.25) is 0 Å². The van der Waals surface area contributed by atoms with E-state index >= 15 is 0 Å². The van der Waals surface area contributed by atoms with E-state index in [-0.39, 0.29) is 20.1 Å². The third-order valence-electron chi connectivity index (χ3n) is 7.08. The first-order valence-electron chi connectivity index (χ1n) is 14.6. The van der Waals surface area contributed by atoms with Crippen LogP contribution in [0.2, 0.25) is 0 Å². The van der Waals surface area contributed by atoms with Crippen molar-refractivity contribution < 1.29 is 29.1 Å². The molecule has 227 valence electrons. The summed E-state index contributed by atoms with van der Waals surface area (Å²) in [5, 5.41) is 2.22. The van der Waals surface area contributed by atoms with Crippen LogP contribution in [-0.2, 0) is 20.1 Å². The van der Waals surface area contributed by atoms with Crippen molar-refractivity contribution in [3.05, 3.63) is 183 Å². The van der Waals surface area contributed by atoms with Crippen molar-refractivity contribution in [1.82, 2.24) is 9.97 Å². The second kappa shape index (κ2) is 15.6. The van der Waals surface area contributed by atoms with Crippen LogP contribution in [0.25, 0.3) is 55.7 Å². The number of furan rings is 1. The minimum Gasteiger partial charge on any atom is -0.476 e. The molecule has 0 saturated carbocycles. The van der Waals surface area contributed by atoms with E-state index in [9.17, 15) is 0 Å². The van der Waals surface area contributed by atoms with E-state index in [1.807, 2.05) is 138 Å². The van der Waals surface area contributed by atoms with E-state index in [2.05, 4.69) is 54.3 Å². The number of pyridine rings is 3. The summed E-state index contributed by atoms with van der Waals surface area (Å²) in [6.07, 6.45) is 5.54. The second-order valence-electron chi connectivity index (χ2n) is 10.3. The Kier molecular flexibility index (Phi) is 10.9. The van der Waals surface area contributed by atoms with Gasteiger partial charge in [-0.15, -0.1) is 83.9 Å². The molecule has 0 bridgehead atoms. The normalized spacial score (nSPS) is 10.2. The molecule has 0 aliphatic rings. The van der Waals surface area contributed by atoms with Crippen molar-refractivity contribution in [2.24, 2.45) is 0 Å². The van der Waals surface area contributed by atoms with Gasteiger partial charge in [0.2, 0.25) is 0 Å². The summed E-state index contributed by atoms with van der Waals surface area (Å²) >= 11 is 0. The summed E-state index contributed by atoms with van der Waals surface area (Å²) in [5.41, 5.74) is 9.01. The molecule has 4 nitrogen and oxygen atoms in total. The topological polar surface area (TPSA) is 42.8 Å². The van der Waals surface area contributed by atoms with Gasteiger partial charge in [-0.1, -0.05) is 71.1 Å². The van der Waals surface area contributed by atoms with Crippen molar-refractivity contribution in [2.45, 2.75) is 6.92 Å². The predicted octanol–water partition coefficient (Wildman–Crippen LogP) is 9.38. The maximum Gasteiger partial charge on any atom is 0.123 e. The average Bonchev–Trinajstić information content (AvgIpc) is 3.48. The number of aromatic nitrogens is 3. The Morgan fingerprint density at radius 1 is 0.609 bits per heavy atom. The smallest absolute Gasteiger partial charge is 0.123 e. The Balaban J connectivity index is 0.000000141. The predicted molar refractivity (Wildman–Crippen MR) is 181 cm³/mol. The van der Waals surface area contributed by atoms with Crippen LogP contribution in [0.1, 0.15) is 5.56 Å². The summed E-state index contributed by atoms with van der Waals surface area (Å²) in [4.78, 5) is 8.62. The quantitative estimate of drug-likeness (QED) is 0.133. The molecule has 8 rings (SSSR count). The van der Waals surface area contributed by atoms with Crippen molar-refractivity contribution in [2.75, 3.05) is 0 Å². The Labute approximate surface area is 283 Å². The van der Waals surface area contributed by atoms with Gasteiger partial charge >= 0.3 is 0 Å². The van der Waals surface area contributed by atoms with E-state index in [1.165, 1.54) is 5.56 Å². The molecule has 0 saturated heterocycles. The molecule has 4 heterocycles. The number of fused-ring (bicyclic) bond motifs is 3. The third kappa shape index (κ3) is 7.83. The summed E-state index contributed by atoms with van der Waals surface area (Å²) in [7, 11) is 3.89. The van der Waals surface area contributed by atoms with Crippen molar-refractivity contribution in [1.29, 1.82) is 0 Å². The van der Waals surface area contributed by atoms with Crippen molar-refractivity contribution in [3.63, 3.8) is 0 Å². The second-order valence-corrected chi connectivity index (χ2v) is 10.3. The van der Waals surface area contributed by atoms with Crippen LogP contribution in [0.15, 0.2) is 156 Å². The molecule has 0 N–H and O–H groups in total. The number of para-hydroxylation sites is 1. The zero-order chi connectivity index (χ0) is 30.8. The number of hydrogen-bond donors (Lipinski definition) is 0. The van der Waals surface area contributed by atoms with Gasteiger partial charge in [-0.05, 0) is 48.0 Å². The third-order valence-corrected chi connectivity index (χ3v) is 7.08. The first-order valence-corrected chi connectivity index (χ1v) is 14.6. The van der Waals surface area contributed by atoms with Crippen LogP contribution < -0.4 is 4.57 Å². The molecule has 4 aromatic heterocycles. The minimum atomic E-state index is 0. The molecule has 0 atom stereocenters. The number of aryl methyl sites for hydroxylation is 1. The van der Waals surface area contributed by atoms with Gasteiger partial charge in [0.15, 0.2) is 0 Å². The Hall–Kier alpha value is -5.35. The summed E-state index contributed by atoms with van der Waals surface area (Å²) in [6, 6.07) is 53.3. The molecule has 0 spiro atoms.